The fraction of sp³-hybridized carbons (Fsp3) is 0.133. The van der Waals surface area contributed by atoms with Crippen LogP contribution in [-0.2, 0) is 11.3 Å². The molecule has 0 bridgehead atoms. The van der Waals surface area contributed by atoms with Crippen molar-refractivity contribution in [2.24, 2.45) is 0 Å². The molecule has 0 aromatic heterocycles. The summed E-state index contributed by atoms with van der Waals surface area (Å²) >= 11 is 9.41. The summed E-state index contributed by atoms with van der Waals surface area (Å²) in [5.74, 6) is -0.656. The first-order valence-electron chi connectivity index (χ1n) is 5.98. The minimum absolute atomic E-state index is 0.216. The number of hydrogen-bond donors (Lipinski definition) is 1. The quantitative estimate of drug-likeness (QED) is 0.818. The highest BCUT2D eigenvalue weighted by molar-refractivity contribution is 9.10. The molecule has 1 N–H and O–H groups in total. The fourth-order valence-corrected chi connectivity index (χ4v) is 2.33. The van der Waals surface area contributed by atoms with Crippen molar-refractivity contribution in [2.45, 2.75) is 11.9 Å². The van der Waals surface area contributed by atoms with Crippen LogP contribution in [0.5, 0.6) is 0 Å². The second-order valence-corrected chi connectivity index (χ2v) is 5.52. The Morgan fingerprint density at radius 2 is 1.95 bits per heavy atom. The zero-order chi connectivity index (χ0) is 14.5. The highest BCUT2D eigenvalue weighted by Crippen LogP contribution is 2.21. The molecule has 0 fully saturated rings. The van der Waals surface area contributed by atoms with Gasteiger partial charge in [-0.05, 0) is 29.3 Å². The van der Waals surface area contributed by atoms with Crippen molar-refractivity contribution >= 4 is 33.4 Å². The minimum atomic E-state index is -0.761. The van der Waals surface area contributed by atoms with Crippen LogP contribution >= 0.6 is 27.5 Å². The van der Waals surface area contributed by atoms with Crippen LogP contribution in [0.1, 0.15) is 16.5 Å². The number of carbonyl (C=O) groups excluding carboxylic acids is 1. The minimum Gasteiger partial charge on any atom is -0.350 e. The summed E-state index contributed by atoms with van der Waals surface area (Å²) in [5, 5.41) is 1.94. The van der Waals surface area contributed by atoms with Crippen LogP contribution in [0.2, 0.25) is 0 Å². The number of benzene rings is 2. The smallest absolute Gasteiger partial charge is 0.242 e. The van der Waals surface area contributed by atoms with E-state index in [0.29, 0.717) is 5.56 Å². The van der Waals surface area contributed by atoms with Crippen molar-refractivity contribution < 1.29 is 9.18 Å². The maximum Gasteiger partial charge on any atom is 0.242 e. The van der Waals surface area contributed by atoms with Crippen LogP contribution in [0, 0.1) is 5.82 Å². The van der Waals surface area contributed by atoms with Crippen LogP contribution in [0.3, 0.4) is 0 Å². The van der Waals surface area contributed by atoms with Crippen molar-refractivity contribution in [3.63, 3.8) is 0 Å². The zero-order valence-corrected chi connectivity index (χ0v) is 12.8. The molecule has 1 unspecified atom stereocenters. The van der Waals surface area contributed by atoms with Gasteiger partial charge < -0.3 is 5.32 Å². The Hall–Kier alpha value is -1.39. The molecule has 2 aromatic carbocycles. The summed E-state index contributed by atoms with van der Waals surface area (Å²) in [6.07, 6.45) is 0. The van der Waals surface area contributed by atoms with Gasteiger partial charge >= 0.3 is 0 Å². The lowest BCUT2D eigenvalue weighted by atomic mass is 10.1. The molecule has 2 nitrogen and oxygen atoms in total. The molecule has 0 aliphatic carbocycles. The van der Waals surface area contributed by atoms with Gasteiger partial charge in [0.25, 0.3) is 0 Å². The topological polar surface area (TPSA) is 29.1 Å². The van der Waals surface area contributed by atoms with E-state index in [9.17, 15) is 9.18 Å². The molecule has 104 valence electrons. The maximum absolute atomic E-state index is 13.1. The summed E-state index contributed by atoms with van der Waals surface area (Å²) < 4.78 is 13.9. The van der Waals surface area contributed by atoms with E-state index in [1.165, 1.54) is 12.1 Å². The molecule has 20 heavy (non-hydrogen) atoms. The molecular formula is C15H12BrClFNO. The number of hydrogen-bond acceptors (Lipinski definition) is 1. The largest absolute Gasteiger partial charge is 0.350 e. The highest BCUT2D eigenvalue weighted by Gasteiger charge is 2.17. The van der Waals surface area contributed by atoms with Gasteiger partial charge in [-0.15, -0.1) is 11.6 Å². The predicted octanol–water partition coefficient (Wildman–Crippen LogP) is 4.18. The third-order valence-corrected chi connectivity index (χ3v) is 4.01. The van der Waals surface area contributed by atoms with E-state index >= 15 is 0 Å². The Morgan fingerprint density at radius 3 is 2.65 bits per heavy atom. The molecule has 0 aliphatic rings. The third-order valence-electron chi connectivity index (χ3n) is 2.78. The molecule has 0 spiro atoms. The van der Waals surface area contributed by atoms with E-state index in [2.05, 4.69) is 21.2 Å². The van der Waals surface area contributed by atoms with Gasteiger partial charge in [-0.1, -0.05) is 46.3 Å². The number of nitrogens with one attached hydrogen (secondary N) is 1. The van der Waals surface area contributed by atoms with Gasteiger partial charge in [-0.2, -0.15) is 0 Å². The first-order valence-corrected chi connectivity index (χ1v) is 7.21. The SMILES string of the molecule is O=C(NCc1cc(F)ccc1Br)C(Cl)c1ccccc1. The second-order valence-electron chi connectivity index (χ2n) is 4.23. The van der Waals surface area contributed by atoms with Crippen molar-refractivity contribution in [3.8, 4) is 0 Å². The van der Waals surface area contributed by atoms with E-state index in [1.54, 1.807) is 18.2 Å². The Labute approximate surface area is 130 Å². The number of alkyl halides is 1. The lowest BCUT2D eigenvalue weighted by molar-refractivity contribution is -0.121. The van der Waals surface area contributed by atoms with Crippen molar-refractivity contribution in [1.82, 2.24) is 5.32 Å². The number of carbonyl (C=O) groups is 1. The normalized spacial score (nSPS) is 11.9. The van der Waals surface area contributed by atoms with E-state index < -0.39 is 5.38 Å². The lowest BCUT2D eigenvalue weighted by Crippen LogP contribution is -2.26. The molecule has 1 atom stereocenters. The van der Waals surface area contributed by atoms with Gasteiger partial charge in [-0.3, -0.25) is 4.79 Å². The van der Waals surface area contributed by atoms with Gasteiger partial charge in [0.1, 0.15) is 11.2 Å². The molecule has 2 rings (SSSR count). The second kappa shape index (κ2) is 6.86. The van der Waals surface area contributed by atoms with Gasteiger partial charge in [0, 0.05) is 11.0 Å². The molecule has 0 aliphatic heterocycles. The predicted molar refractivity (Wildman–Crippen MR) is 81.0 cm³/mol. The van der Waals surface area contributed by atoms with Crippen molar-refractivity contribution in [3.05, 3.63) is 69.9 Å². The summed E-state index contributed by atoms with van der Waals surface area (Å²) in [7, 11) is 0. The van der Waals surface area contributed by atoms with Gasteiger partial charge in [0.05, 0.1) is 0 Å². The summed E-state index contributed by atoms with van der Waals surface area (Å²) in [5.41, 5.74) is 1.39. The van der Waals surface area contributed by atoms with E-state index in [0.717, 1.165) is 10.0 Å². The Kier molecular flexibility index (Phi) is 5.15. The first-order chi connectivity index (χ1) is 9.58. The molecule has 0 radical (unpaired) electrons. The molecule has 2 aromatic rings. The Balaban J connectivity index is 2.00. The van der Waals surface area contributed by atoms with Crippen LogP contribution in [-0.4, -0.2) is 5.91 Å². The molecular weight excluding hydrogens is 345 g/mol. The van der Waals surface area contributed by atoms with E-state index in [-0.39, 0.29) is 18.3 Å². The Bertz CT molecular complexity index is 606. The van der Waals surface area contributed by atoms with Crippen molar-refractivity contribution in [1.29, 1.82) is 0 Å². The molecule has 1 amide bonds. The molecule has 0 saturated heterocycles. The summed E-state index contributed by atoms with van der Waals surface area (Å²) in [4.78, 5) is 12.0. The first kappa shape index (κ1) is 15.0. The molecule has 5 heteroatoms. The van der Waals surface area contributed by atoms with Crippen LogP contribution in [0.4, 0.5) is 4.39 Å². The van der Waals surface area contributed by atoms with E-state index in [4.69, 9.17) is 11.6 Å². The van der Waals surface area contributed by atoms with Crippen LogP contribution < -0.4 is 5.32 Å². The average molecular weight is 357 g/mol. The Morgan fingerprint density at radius 1 is 1.25 bits per heavy atom. The number of halogens is 3. The van der Waals surface area contributed by atoms with Crippen molar-refractivity contribution in [2.75, 3.05) is 0 Å². The van der Waals surface area contributed by atoms with Crippen LogP contribution in [0.15, 0.2) is 53.0 Å². The van der Waals surface area contributed by atoms with Gasteiger partial charge in [0.15, 0.2) is 0 Å². The fourth-order valence-electron chi connectivity index (χ4n) is 1.72. The van der Waals surface area contributed by atoms with E-state index in [1.807, 2.05) is 18.2 Å². The maximum atomic E-state index is 13.1. The molecule has 0 heterocycles. The highest BCUT2D eigenvalue weighted by atomic mass is 79.9. The number of rotatable bonds is 4. The molecule has 0 saturated carbocycles. The lowest BCUT2D eigenvalue weighted by Gasteiger charge is -2.11. The summed E-state index contributed by atoms with van der Waals surface area (Å²) in [6, 6.07) is 13.4. The number of amides is 1. The van der Waals surface area contributed by atoms with Gasteiger partial charge in [0.2, 0.25) is 5.91 Å². The summed E-state index contributed by atoms with van der Waals surface area (Å²) in [6.45, 7) is 0.216. The third kappa shape index (κ3) is 3.81. The average Bonchev–Trinajstić information content (AvgIpc) is 2.48. The van der Waals surface area contributed by atoms with Crippen LogP contribution in [0.25, 0.3) is 0 Å². The zero-order valence-electron chi connectivity index (χ0n) is 10.4. The standard InChI is InChI=1S/C15H12BrClFNO/c16-13-7-6-12(18)8-11(13)9-19-15(20)14(17)10-4-2-1-3-5-10/h1-8,14H,9H2,(H,19,20). The van der Waals surface area contributed by atoms with Gasteiger partial charge in [-0.25, -0.2) is 4.39 Å². The monoisotopic (exact) mass is 355 g/mol.